The van der Waals surface area contributed by atoms with Gasteiger partial charge in [0.2, 0.25) is 0 Å². The number of rotatable bonds is 3. The van der Waals surface area contributed by atoms with Crippen LogP contribution in [0.1, 0.15) is 37.1 Å². The fourth-order valence-electron chi connectivity index (χ4n) is 3.44. The first-order chi connectivity index (χ1) is 11.3. The van der Waals surface area contributed by atoms with Crippen LogP contribution in [0.4, 0.5) is 5.82 Å². The molecule has 23 heavy (non-hydrogen) atoms. The largest absolute Gasteiger partial charge is 0.356 e. The second kappa shape index (κ2) is 5.64. The summed E-state index contributed by atoms with van der Waals surface area (Å²) in [6.07, 6.45) is 6.62. The molecule has 7 heteroatoms. The number of nitrogens with zero attached hydrogens (tertiary/aromatic N) is 7. The molecule has 0 amide bonds. The maximum atomic E-state index is 4.53. The lowest BCUT2D eigenvalue weighted by Crippen LogP contribution is -2.35. The van der Waals surface area contributed by atoms with E-state index in [2.05, 4.69) is 44.1 Å². The Labute approximate surface area is 135 Å². The smallest absolute Gasteiger partial charge is 0.254 e. The Morgan fingerprint density at radius 3 is 2.74 bits per heavy atom. The molecule has 3 aromatic heterocycles. The Morgan fingerprint density at radius 1 is 1.22 bits per heavy atom. The van der Waals surface area contributed by atoms with Gasteiger partial charge in [-0.25, -0.2) is 4.98 Å². The predicted molar refractivity (Wildman–Crippen MR) is 87.6 cm³/mol. The summed E-state index contributed by atoms with van der Waals surface area (Å²) in [5.41, 5.74) is 2.40. The van der Waals surface area contributed by atoms with E-state index in [1.54, 1.807) is 6.33 Å². The van der Waals surface area contributed by atoms with E-state index in [9.17, 15) is 0 Å². The van der Waals surface area contributed by atoms with Crippen LogP contribution in [-0.2, 0) is 13.5 Å². The third-order valence-electron chi connectivity index (χ3n) is 4.74. The van der Waals surface area contributed by atoms with Crippen molar-refractivity contribution in [1.29, 1.82) is 0 Å². The van der Waals surface area contributed by atoms with Crippen molar-refractivity contribution in [3.63, 3.8) is 0 Å². The minimum Gasteiger partial charge on any atom is -0.356 e. The van der Waals surface area contributed by atoms with Gasteiger partial charge in [-0.2, -0.15) is 19.7 Å². The second-order valence-electron chi connectivity index (χ2n) is 6.07. The summed E-state index contributed by atoms with van der Waals surface area (Å²) in [6.45, 7) is 4.14. The minimum atomic E-state index is 0.581. The minimum absolute atomic E-state index is 0.581. The van der Waals surface area contributed by atoms with Crippen LogP contribution in [0.2, 0.25) is 0 Å². The van der Waals surface area contributed by atoms with Crippen molar-refractivity contribution in [3.8, 4) is 0 Å². The van der Waals surface area contributed by atoms with Crippen molar-refractivity contribution >= 4 is 11.6 Å². The van der Waals surface area contributed by atoms with Crippen LogP contribution in [0.15, 0.2) is 24.7 Å². The van der Waals surface area contributed by atoms with Crippen LogP contribution in [0, 0.1) is 0 Å². The molecule has 1 aliphatic rings. The van der Waals surface area contributed by atoms with Gasteiger partial charge in [-0.1, -0.05) is 6.92 Å². The van der Waals surface area contributed by atoms with Crippen LogP contribution < -0.4 is 4.90 Å². The molecule has 0 bridgehead atoms. The predicted octanol–water partition coefficient (Wildman–Crippen LogP) is 1.80. The summed E-state index contributed by atoms with van der Waals surface area (Å²) in [5, 5.41) is 8.64. The average molecular weight is 311 g/mol. The maximum absolute atomic E-state index is 4.53. The van der Waals surface area contributed by atoms with Gasteiger partial charge in [0, 0.05) is 49.7 Å². The molecule has 3 aromatic rings. The normalized spacial score (nSPS) is 16.3. The SMILES string of the molecule is CCc1cc(N2CCC(c3ccnn3C)CC2)n2ncnc2n1. The Bertz CT molecular complexity index is 811. The van der Waals surface area contributed by atoms with Gasteiger partial charge in [0.25, 0.3) is 5.78 Å². The number of fused-ring (bicyclic) bond motifs is 1. The van der Waals surface area contributed by atoms with E-state index < -0.39 is 0 Å². The third-order valence-corrected chi connectivity index (χ3v) is 4.74. The van der Waals surface area contributed by atoms with Crippen LogP contribution in [0.5, 0.6) is 0 Å². The van der Waals surface area contributed by atoms with E-state index in [0.717, 1.165) is 43.9 Å². The molecule has 1 fully saturated rings. The maximum Gasteiger partial charge on any atom is 0.254 e. The first kappa shape index (κ1) is 14.2. The molecule has 0 saturated carbocycles. The molecule has 0 aromatic carbocycles. The molecule has 0 N–H and O–H groups in total. The Hall–Kier alpha value is -2.44. The molecule has 1 saturated heterocycles. The van der Waals surface area contributed by atoms with Crippen LogP contribution in [0.25, 0.3) is 5.78 Å². The van der Waals surface area contributed by atoms with E-state index >= 15 is 0 Å². The number of anilines is 1. The molecule has 4 heterocycles. The number of aryl methyl sites for hydroxylation is 2. The number of hydrogen-bond donors (Lipinski definition) is 0. The molecular weight excluding hydrogens is 290 g/mol. The van der Waals surface area contributed by atoms with Gasteiger partial charge in [0.05, 0.1) is 0 Å². The topological polar surface area (TPSA) is 64.1 Å². The number of piperidine rings is 1. The van der Waals surface area contributed by atoms with E-state index in [-0.39, 0.29) is 0 Å². The van der Waals surface area contributed by atoms with E-state index in [0.29, 0.717) is 11.7 Å². The van der Waals surface area contributed by atoms with Gasteiger partial charge in [-0.05, 0) is 25.3 Å². The van der Waals surface area contributed by atoms with Crippen LogP contribution in [-0.4, -0.2) is 42.5 Å². The first-order valence-corrected chi connectivity index (χ1v) is 8.18. The molecule has 1 aliphatic heterocycles. The fraction of sp³-hybridized carbons (Fsp3) is 0.500. The highest BCUT2D eigenvalue weighted by Gasteiger charge is 2.24. The monoisotopic (exact) mass is 311 g/mol. The van der Waals surface area contributed by atoms with Crippen molar-refractivity contribution in [2.45, 2.75) is 32.1 Å². The highest BCUT2D eigenvalue weighted by molar-refractivity contribution is 5.47. The van der Waals surface area contributed by atoms with E-state index in [1.165, 1.54) is 5.69 Å². The lowest BCUT2D eigenvalue weighted by Gasteiger charge is -2.33. The summed E-state index contributed by atoms with van der Waals surface area (Å²) in [6, 6.07) is 4.28. The lowest BCUT2D eigenvalue weighted by atomic mass is 9.93. The molecule has 4 rings (SSSR count). The molecule has 7 nitrogen and oxygen atoms in total. The quantitative estimate of drug-likeness (QED) is 0.738. The summed E-state index contributed by atoms with van der Waals surface area (Å²) < 4.78 is 3.85. The Kier molecular flexibility index (Phi) is 3.48. The Morgan fingerprint density at radius 2 is 2.04 bits per heavy atom. The standard InChI is InChI=1S/C16H21N7/c1-3-13-10-15(23-16(20-13)17-11-19-23)22-8-5-12(6-9-22)14-4-7-18-21(14)2/h4,7,10-12H,3,5-6,8-9H2,1-2H3. The highest BCUT2D eigenvalue weighted by Crippen LogP contribution is 2.30. The zero-order valence-corrected chi connectivity index (χ0v) is 13.6. The van der Waals surface area contributed by atoms with E-state index in [1.807, 2.05) is 22.4 Å². The van der Waals surface area contributed by atoms with Gasteiger partial charge in [0.15, 0.2) is 0 Å². The number of aromatic nitrogens is 6. The molecule has 0 atom stereocenters. The molecule has 0 spiro atoms. The second-order valence-corrected chi connectivity index (χ2v) is 6.07. The molecule has 120 valence electrons. The van der Waals surface area contributed by atoms with Gasteiger partial charge in [0.1, 0.15) is 12.1 Å². The average Bonchev–Trinajstić information content (AvgIpc) is 3.22. The fourth-order valence-corrected chi connectivity index (χ4v) is 3.44. The number of hydrogen-bond acceptors (Lipinski definition) is 5. The highest BCUT2D eigenvalue weighted by atomic mass is 15.4. The summed E-state index contributed by atoms with van der Waals surface area (Å²) in [7, 11) is 2.02. The van der Waals surface area contributed by atoms with Crippen molar-refractivity contribution < 1.29 is 0 Å². The summed E-state index contributed by atoms with van der Waals surface area (Å²) >= 11 is 0. The third kappa shape index (κ3) is 2.46. The summed E-state index contributed by atoms with van der Waals surface area (Å²) in [5.74, 6) is 2.37. The molecule has 0 unspecified atom stereocenters. The zero-order valence-electron chi connectivity index (χ0n) is 13.6. The summed E-state index contributed by atoms with van der Waals surface area (Å²) in [4.78, 5) is 11.2. The van der Waals surface area contributed by atoms with Crippen LogP contribution >= 0.6 is 0 Å². The first-order valence-electron chi connectivity index (χ1n) is 8.18. The zero-order chi connectivity index (χ0) is 15.8. The van der Waals surface area contributed by atoms with Crippen LogP contribution in [0.3, 0.4) is 0 Å². The molecule has 0 radical (unpaired) electrons. The van der Waals surface area contributed by atoms with Crippen molar-refractivity contribution in [2.75, 3.05) is 18.0 Å². The van der Waals surface area contributed by atoms with Gasteiger partial charge in [-0.15, -0.1) is 0 Å². The van der Waals surface area contributed by atoms with Gasteiger partial charge >= 0.3 is 0 Å². The Balaban J connectivity index is 1.59. The van der Waals surface area contributed by atoms with Crippen molar-refractivity contribution in [1.82, 2.24) is 29.4 Å². The van der Waals surface area contributed by atoms with E-state index in [4.69, 9.17) is 0 Å². The van der Waals surface area contributed by atoms with Crippen molar-refractivity contribution in [2.24, 2.45) is 7.05 Å². The lowest BCUT2D eigenvalue weighted by molar-refractivity contribution is 0.473. The van der Waals surface area contributed by atoms with Crippen molar-refractivity contribution in [3.05, 3.63) is 36.0 Å². The molecule has 0 aliphatic carbocycles. The van der Waals surface area contributed by atoms with Gasteiger partial charge in [-0.3, -0.25) is 4.68 Å². The molecular formula is C16H21N7. The van der Waals surface area contributed by atoms with Gasteiger partial charge < -0.3 is 4.90 Å².